The highest BCUT2D eigenvalue weighted by Crippen LogP contribution is 2.41. The molecule has 108 valence electrons. The maximum absolute atomic E-state index is 11.6. The summed E-state index contributed by atoms with van der Waals surface area (Å²) < 4.78 is 0. The van der Waals surface area contributed by atoms with Crippen molar-refractivity contribution in [2.45, 2.75) is 74.6 Å². The van der Waals surface area contributed by atoms with Gasteiger partial charge in [0.2, 0.25) is 0 Å². The first kappa shape index (κ1) is 13.7. The van der Waals surface area contributed by atoms with E-state index in [2.05, 4.69) is 5.32 Å². The fourth-order valence-corrected chi connectivity index (χ4v) is 5.16. The SMILES string of the molecule is O=C(O)C1(NC2CC2)CCC(SCC2CCCC2)C1. The van der Waals surface area contributed by atoms with Crippen LogP contribution in [-0.2, 0) is 4.79 Å². The largest absolute Gasteiger partial charge is 0.480 e. The highest BCUT2D eigenvalue weighted by molar-refractivity contribution is 7.99. The van der Waals surface area contributed by atoms with Crippen molar-refractivity contribution < 1.29 is 9.90 Å². The van der Waals surface area contributed by atoms with Crippen LogP contribution in [0.1, 0.15) is 57.8 Å². The molecule has 0 bridgehead atoms. The first-order chi connectivity index (χ1) is 9.18. The average Bonchev–Trinajstić information content (AvgIpc) is 2.91. The predicted molar refractivity (Wildman–Crippen MR) is 78.6 cm³/mol. The summed E-state index contributed by atoms with van der Waals surface area (Å²) in [6.07, 6.45) is 10.6. The Balaban J connectivity index is 1.50. The molecular formula is C15H25NO2S. The molecule has 3 fully saturated rings. The second kappa shape index (κ2) is 5.65. The average molecular weight is 283 g/mol. The number of thioether (sulfide) groups is 1. The van der Waals surface area contributed by atoms with Gasteiger partial charge in [-0.25, -0.2) is 0 Å². The lowest BCUT2D eigenvalue weighted by Gasteiger charge is -2.26. The summed E-state index contributed by atoms with van der Waals surface area (Å²) >= 11 is 2.05. The maximum atomic E-state index is 11.6. The Bertz CT molecular complexity index is 339. The molecule has 2 atom stereocenters. The third-order valence-corrected chi connectivity index (χ3v) is 6.52. The molecule has 3 aliphatic carbocycles. The van der Waals surface area contributed by atoms with Crippen LogP contribution in [0.2, 0.25) is 0 Å². The van der Waals surface area contributed by atoms with E-state index in [-0.39, 0.29) is 0 Å². The van der Waals surface area contributed by atoms with E-state index >= 15 is 0 Å². The van der Waals surface area contributed by atoms with Gasteiger partial charge in [0.1, 0.15) is 5.54 Å². The Labute approximate surface area is 119 Å². The van der Waals surface area contributed by atoms with Crippen LogP contribution in [0.25, 0.3) is 0 Å². The van der Waals surface area contributed by atoms with Gasteiger partial charge in [-0.1, -0.05) is 12.8 Å². The normalized spacial score (nSPS) is 35.9. The van der Waals surface area contributed by atoms with Crippen LogP contribution in [0.15, 0.2) is 0 Å². The van der Waals surface area contributed by atoms with Crippen LogP contribution in [-0.4, -0.2) is 33.7 Å². The zero-order chi connectivity index (χ0) is 13.3. The lowest BCUT2D eigenvalue weighted by molar-refractivity contribution is -0.144. The Kier molecular flexibility index (Phi) is 4.08. The van der Waals surface area contributed by atoms with Gasteiger partial charge in [-0.05, 0) is 56.6 Å². The summed E-state index contributed by atoms with van der Waals surface area (Å²) in [6.45, 7) is 0. The number of rotatable bonds is 6. The van der Waals surface area contributed by atoms with E-state index in [1.165, 1.54) is 31.4 Å². The third kappa shape index (κ3) is 3.27. The summed E-state index contributed by atoms with van der Waals surface area (Å²) in [7, 11) is 0. The summed E-state index contributed by atoms with van der Waals surface area (Å²) in [5.41, 5.74) is -0.603. The maximum Gasteiger partial charge on any atom is 0.323 e. The molecule has 3 rings (SSSR count). The van der Waals surface area contributed by atoms with Gasteiger partial charge in [-0.15, -0.1) is 0 Å². The molecule has 0 radical (unpaired) electrons. The van der Waals surface area contributed by atoms with Gasteiger partial charge in [0.15, 0.2) is 0 Å². The van der Waals surface area contributed by atoms with Crippen LogP contribution in [0.3, 0.4) is 0 Å². The fraction of sp³-hybridized carbons (Fsp3) is 0.933. The van der Waals surface area contributed by atoms with Crippen molar-refractivity contribution in [3.63, 3.8) is 0 Å². The number of carboxylic acid groups (broad SMARTS) is 1. The zero-order valence-corrected chi connectivity index (χ0v) is 12.4. The predicted octanol–water partition coefficient (Wildman–Crippen LogP) is 3.04. The lowest BCUT2D eigenvalue weighted by atomic mass is 9.98. The van der Waals surface area contributed by atoms with E-state index in [9.17, 15) is 9.90 Å². The number of carboxylic acids is 1. The van der Waals surface area contributed by atoms with Gasteiger partial charge < -0.3 is 5.11 Å². The Morgan fingerprint density at radius 2 is 1.95 bits per heavy atom. The molecule has 0 heterocycles. The van der Waals surface area contributed by atoms with Gasteiger partial charge in [-0.2, -0.15) is 11.8 Å². The van der Waals surface area contributed by atoms with Gasteiger partial charge >= 0.3 is 5.97 Å². The standard InChI is InChI=1S/C15H25NO2S/c17-14(18)15(16-12-5-6-12)8-7-13(9-15)19-10-11-3-1-2-4-11/h11-13,16H,1-10H2,(H,17,18). The summed E-state index contributed by atoms with van der Waals surface area (Å²) in [6, 6.07) is 0.481. The van der Waals surface area contributed by atoms with Crippen molar-refractivity contribution in [1.82, 2.24) is 5.32 Å². The number of hydrogen-bond donors (Lipinski definition) is 2. The Morgan fingerprint density at radius 1 is 1.21 bits per heavy atom. The van der Waals surface area contributed by atoms with E-state index in [0.29, 0.717) is 11.3 Å². The van der Waals surface area contributed by atoms with Crippen molar-refractivity contribution in [3.8, 4) is 0 Å². The smallest absolute Gasteiger partial charge is 0.323 e. The van der Waals surface area contributed by atoms with Crippen molar-refractivity contribution in [2.24, 2.45) is 5.92 Å². The molecule has 3 saturated carbocycles. The Hall–Kier alpha value is -0.220. The number of nitrogens with one attached hydrogen (secondary N) is 1. The van der Waals surface area contributed by atoms with Crippen LogP contribution in [0.4, 0.5) is 0 Å². The first-order valence-electron chi connectivity index (χ1n) is 7.81. The first-order valence-corrected chi connectivity index (χ1v) is 8.85. The molecule has 0 amide bonds. The minimum atomic E-state index is -0.622. The molecular weight excluding hydrogens is 258 g/mol. The molecule has 0 spiro atoms. The topological polar surface area (TPSA) is 49.3 Å². The van der Waals surface area contributed by atoms with E-state index in [0.717, 1.165) is 38.0 Å². The molecule has 2 unspecified atom stereocenters. The minimum absolute atomic E-state index is 0.481. The van der Waals surface area contributed by atoms with Crippen molar-refractivity contribution in [2.75, 3.05) is 5.75 Å². The quantitative estimate of drug-likeness (QED) is 0.786. The molecule has 2 N–H and O–H groups in total. The van der Waals surface area contributed by atoms with E-state index in [1.807, 2.05) is 11.8 Å². The Morgan fingerprint density at radius 3 is 2.58 bits per heavy atom. The van der Waals surface area contributed by atoms with Gasteiger partial charge in [0.05, 0.1) is 0 Å². The molecule has 0 aromatic carbocycles. The molecule has 0 aromatic heterocycles. The van der Waals surface area contributed by atoms with E-state index < -0.39 is 11.5 Å². The van der Waals surface area contributed by atoms with Crippen molar-refractivity contribution in [1.29, 1.82) is 0 Å². The molecule has 4 heteroatoms. The number of carbonyl (C=O) groups is 1. The monoisotopic (exact) mass is 283 g/mol. The third-order valence-electron chi connectivity index (χ3n) is 4.98. The van der Waals surface area contributed by atoms with Crippen LogP contribution < -0.4 is 5.32 Å². The number of aliphatic carboxylic acids is 1. The molecule has 3 nitrogen and oxygen atoms in total. The molecule has 19 heavy (non-hydrogen) atoms. The lowest BCUT2D eigenvalue weighted by Crippen LogP contribution is -2.51. The van der Waals surface area contributed by atoms with Crippen LogP contribution in [0.5, 0.6) is 0 Å². The fourth-order valence-electron chi connectivity index (χ4n) is 3.60. The van der Waals surface area contributed by atoms with E-state index in [1.54, 1.807) is 0 Å². The van der Waals surface area contributed by atoms with Crippen LogP contribution in [0, 0.1) is 5.92 Å². The molecule has 0 aliphatic heterocycles. The van der Waals surface area contributed by atoms with Crippen molar-refractivity contribution in [3.05, 3.63) is 0 Å². The minimum Gasteiger partial charge on any atom is -0.480 e. The second-order valence-corrected chi connectivity index (χ2v) is 7.99. The molecule has 3 aliphatic rings. The second-order valence-electron chi connectivity index (χ2n) is 6.65. The zero-order valence-electron chi connectivity index (χ0n) is 11.6. The highest BCUT2D eigenvalue weighted by atomic mass is 32.2. The van der Waals surface area contributed by atoms with Crippen LogP contribution >= 0.6 is 11.8 Å². The molecule has 0 saturated heterocycles. The van der Waals surface area contributed by atoms with Gasteiger partial charge in [0.25, 0.3) is 0 Å². The summed E-state index contributed by atoms with van der Waals surface area (Å²) in [5, 5.41) is 13.5. The number of hydrogen-bond acceptors (Lipinski definition) is 3. The summed E-state index contributed by atoms with van der Waals surface area (Å²) in [4.78, 5) is 11.6. The summed E-state index contributed by atoms with van der Waals surface area (Å²) in [5.74, 6) is 1.54. The van der Waals surface area contributed by atoms with Gasteiger partial charge in [0, 0.05) is 11.3 Å². The van der Waals surface area contributed by atoms with E-state index in [4.69, 9.17) is 0 Å². The van der Waals surface area contributed by atoms with Crippen molar-refractivity contribution >= 4 is 17.7 Å². The highest BCUT2D eigenvalue weighted by Gasteiger charge is 2.48. The van der Waals surface area contributed by atoms with Gasteiger partial charge in [-0.3, -0.25) is 10.1 Å². The molecule has 0 aromatic rings.